The van der Waals surface area contributed by atoms with E-state index in [0.29, 0.717) is 38.2 Å². The van der Waals surface area contributed by atoms with Gasteiger partial charge < -0.3 is 14.2 Å². The van der Waals surface area contributed by atoms with Crippen LogP contribution in [-0.2, 0) is 11.3 Å². The largest absolute Gasteiger partial charge is 0.459 e. The lowest BCUT2D eigenvalue weighted by Crippen LogP contribution is -2.43. The van der Waals surface area contributed by atoms with E-state index in [-0.39, 0.29) is 17.7 Å². The maximum absolute atomic E-state index is 12.5. The minimum absolute atomic E-state index is 0.000568. The van der Waals surface area contributed by atoms with Gasteiger partial charge in [-0.25, -0.2) is 0 Å². The van der Waals surface area contributed by atoms with Gasteiger partial charge in [0.1, 0.15) is 0 Å². The Morgan fingerprint density at radius 2 is 2.09 bits per heavy atom. The van der Waals surface area contributed by atoms with Gasteiger partial charge in [0.15, 0.2) is 5.76 Å². The molecule has 23 heavy (non-hydrogen) atoms. The lowest BCUT2D eigenvalue weighted by molar-refractivity contribution is -0.136. The third kappa shape index (κ3) is 3.64. The van der Waals surface area contributed by atoms with E-state index < -0.39 is 0 Å². The van der Waals surface area contributed by atoms with Gasteiger partial charge in [-0.1, -0.05) is 6.07 Å². The summed E-state index contributed by atoms with van der Waals surface area (Å²) in [5.41, 5.74) is 0. The summed E-state index contributed by atoms with van der Waals surface area (Å²) in [4.78, 5) is 29.5. The number of hydrogen-bond acceptors (Lipinski definition) is 4. The molecule has 5 nitrogen and oxygen atoms in total. The van der Waals surface area contributed by atoms with Crippen molar-refractivity contribution >= 4 is 23.2 Å². The highest BCUT2D eigenvalue weighted by atomic mass is 32.1. The third-order valence-corrected chi connectivity index (χ3v) is 5.07. The fourth-order valence-corrected chi connectivity index (χ4v) is 3.67. The van der Waals surface area contributed by atoms with Crippen molar-refractivity contribution in [2.24, 2.45) is 5.92 Å². The van der Waals surface area contributed by atoms with Gasteiger partial charge in [0.25, 0.3) is 5.91 Å². The predicted molar refractivity (Wildman–Crippen MR) is 88.1 cm³/mol. The first-order valence-electron chi connectivity index (χ1n) is 7.75. The molecule has 3 rings (SSSR count). The molecule has 2 aromatic heterocycles. The molecular formula is C17H20N2O3S. The first kappa shape index (κ1) is 15.8. The number of amides is 2. The molecule has 0 atom stereocenters. The van der Waals surface area contributed by atoms with Crippen molar-refractivity contribution in [3.05, 3.63) is 46.5 Å². The maximum Gasteiger partial charge on any atom is 0.289 e. The van der Waals surface area contributed by atoms with E-state index in [2.05, 4.69) is 0 Å². The van der Waals surface area contributed by atoms with Crippen molar-refractivity contribution in [2.45, 2.75) is 19.4 Å². The summed E-state index contributed by atoms with van der Waals surface area (Å²) in [7, 11) is 1.85. The lowest BCUT2D eigenvalue weighted by atomic mass is 9.95. The van der Waals surface area contributed by atoms with Crippen LogP contribution in [0.1, 0.15) is 28.3 Å². The van der Waals surface area contributed by atoms with Crippen LogP contribution < -0.4 is 0 Å². The van der Waals surface area contributed by atoms with E-state index in [1.54, 1.807) is 33.3 Å². The van der Waals surface area contributed by atoms with Gasteiger partial charge in [0.05, 0.1) is 12.8 Å². The van der Waals surface area contributed by atoms with Crippen molar-refractivity contribution in [1.29, 1.82) is 0 Å². The van der Waals surface area contributed by atoms with Crippen LogP contribution in [0.4, 0.5) is 0 Å². The molecule has 2 aromatic rings. The molecular weight excluding hydrogens is 312 g/mol. The molecule has 0 saturated carbocycles. The monoisotopic (exact) mass is 332 g/mol. The molecule has 122 valence electrons. The second kappa shape index (κ2) is 7.00. The van der Waals surface area contributed by atoms with Gasteiger partial charge in [-0.3, -0.25) is 9.59 Å². The number of likely N-dealkylation sites (tertiary alicyclic amines) is 1. The van der Waals surface area contributed by atoms with Crippen molar-refractivity contribution in [3.8, 4) is 0 Å². The van der Waals surface area contributed by atoms with Gasteiger partial charge >= 0.3 is 0 Å². The number of thiophene rings is 1. The van der Waals surface area contributed by atoms with E-state index >= 15 is 0 Å². The third-order valence-electron chi connectivity index (χ3n) is 4.21. The van der Waals surface area contributed by atoms with E-state index in [1.807, 2.05) is 24.6 Å². The topological polar surface area (TPSA) is 53.8 Å². The Labute approximate surface area is 139 Å². The SMILES string of the molecule is CN(Cc1cccs1)C(=O)C1CCN(C(=O)c2ccco2)CC1. The predicted octanol–water partition coefficient (Wildman–Crippen LogP) is 2.85. The average Bonchev–Trinajstić information content (AvgIpc) is 3.27. The number of rotatable bonds is 4. The van der Waals surface area contributed by atoms with Crippen LogP contribution in [0.15, 0.2) is 40.3 Å². The Kier molecular flexibility index (Phi) is 4.81. The van der Waals surface area contributed by atoms with Crippen LogP contribution in [0.3, 0.4) is 0 Å². The van der Waals surface area contributed by atoms with Crippen LogP contribution >= 0.6 is 11.3 Å². The quantitative estimate of drug-likeness (QED) is 0.865. The van der Waals surface area contributed by atoms with Crippen molar-refractivity contribution < 1.29 is 14.0 Å². The molecule has 3 heterocycles. The number of hydrogen-bond donors (Lipinski definition) is 0. The number of carbonyl (C=O) groups is 2. The molecule has 1 fully saturated rings. The minimum atomic E-state index is -0.0900. The summed E-state index contributed by atoms with van der Waals surface area (Å²) in [6.07, 6.45) is 2.92. The molecule has 0 radical (unpaired) electrons. The Balaban J connectivity index is 1.52. The summed E-state index contributed by atoms with van der Waals surface area (Å²) in [5, 5.41) is 2.02. The lowest BCUT2D eigenvalue weighted by Gasteiger charge is -2.32. The van der Waals surface area contributed by atoms with Gasteiger partial charge in [-0.15, -0.1) is 11.3 Å². The highest BCUT2D eigenvalue weighted by molar-refractivity contribution is 7.09. The van der Waals surface area contributed by atoms with Gasteiger partial charge in [-0.2, -0.15) is 0 Å². The van der Waals surface area contributed by atoms with Crippen molar-refractivity contribution in [2.75, 3.05) is 20.1 Å². The molecule has 0 aromatic carbocycles. The van der Waals surface area contributed by atoms with Crippen LogP contribution in [0.25, 0.3) is 0 Å². The van der Waals surface area contributed by atoms with Gasteiger partial charge in [0, 0.05) is 30.9 Å². The Morgan fingerprint density at radius 3 is 2.70 bits per heavy atom. The van der Waals surface area contributed by atoms with Crippen LogP contribution in [0.5, 0.6) is 0 Å². The zero-order valence-electron chi connectivity index (χ0n) is 13.1. The first-order chi connectivity index (χ1) is 11.1. The van der Waals surface area contributed by atoms with E-state index in [9.17, 15) is 9.59 Å². The molecule has 1 aliphatic heterocycles. The van der Waals surface area contributed by atoms with E-state index in [0.717, 1.165) is 0 Å². The summed E-state index contributed by atoms with van der Waals surface area (Å²) in [6, 6.07) is 7.42. The van der Waals surface area contributed by atoms with Crippen molar-refractivity contribution in [3.63, 3.8) is 0 Å². The maximum atomic E-state index is 12.5. The summed E-state index contributed by atoms with van der Waals surface area (Å²) in [6.45, 7) is 1.85. The number of piperidine rings is 1. The molecule has 1 saturated heterocycles. The zero-order valence-corrected chi connectivity index (χ0v) is 13.9. The molecule has 1 aliphatic rings. The smallest absolute Gasteiger partial charge is 0.289 e. The molecule has 0 bridgehead atoms. The number of nitrogens with zero attached hydrogens (tertiary/aromatic N) is 2. The molecule has 0 spiro atoms. The Hall–Kier alpha value is -2.08. The highest BCUT2D eigenvalue weighted by Crippen LogP contribution is 2.22. The molecule has 0 N–H and O–H groups in total. The summed E-state index contributed by atoms with van der Waals surface area (Å²) < 4.78 is 5.15. The number of furan rings is 1. The molecule has 0 aliphatic carbocycles. The van der Waals surface area contributed by atoms with Crippen molar-refractivity contribution in [1.82, 2.24) is 9.80 Å². The second-order valence-corrected chi connectivity index (χ2v) is 6.85. The van der Waals surface area contributed by atoms with E-state index in [1.165, 1.54) is 11.1 Å². The number of carbonyl (C=O) groups excluding carboxylic acids is 2. The molecule has 6 heteroatoms. The highest BCUT2D eigenvalue weighted by Gasteiger charge is 2.30. The molecule has 2 amide bonds. The van der Waals surface area contributed by atoms with Crippen LogP contribution in [0, 0.1) is 5.92 Å². The van der Waals surface area contributed by atoms with Gasteiger partial charge in [-0.05, 0) is 36.4 Å². The Morgan fingerprint density at radius 1 is 1.30 bits per heavy atom. The van der Waals surface area contributed by atoms with Crippen LogP contribution in [0.2, 0.25) is 0 Å². The van der Waals surface area contributed by atoms with E-state index in [4.69, 9.17) is 4.42 Å². The fourth-order valence-electron chi connectivity index (χ4n) is 2.91. The first-order valence-corrected chi connectivity index (χ1v) is 8.63. The summed E-state index contributed by atoms with van der Waals surface area (Å²) >= 11 is 1.66. The Bertz CT molecular complexity index is 643. The zero-order chi connectivity index (χ0) is 16.2. The standard InChI is InChI=1S/C17H20N2O3S/c1-18(12-14-4-3-11-23-14)16(20)13-6-8-19(9-7-13)17(21)15-5-2-10-22-15/h2-5,10-11,13H,6-9,12H2,1H3. The second-order valence-electron chi connectivity index (χ2n) is 5.82. The molecule has 0 unspecified atom stereocenters. The fraction of sp³-hybridized carbons (Fsp3) is 0.412. The minimum Gasteiger partial charge on any atom is -0.459 e. The summed E-state index contributed by atoms with van der Waals surface area (Å²) in [5.74, 6) is 0.446. The average molecular weight is 332 g/mol. The van der Waals surface area contributed by atoms with Gasteiger partial charge in [0.2, 0.25) is 5.91 Å². The van der Waals surface area contributed by atoms with Crippen LogP contribution in [-0.4, -0.2) is 41.8 Å². The normalized spacial score (nSPS) is 15.6.